The number of para-hydroxylation sites is 1. The van der Waals surface area contributed by atoms with E-state index in [0.29, 0.717) is 34.5 Å². The van der Waals surface area contributed by atoms with Crippen molar-refractivity contribution in [2.45, 2.75) is 51.6 Å². The Bertz CT molecular complexity index is 788. The molecule has 6 nitrogen and oxygen atoms in total. The summed E-state index contributed by atoms with van der Waals surface area (Å²) in [5.41, 5.74) is 6.63. The van der Waals surface area contributed by atoms with Crippen LogP contribution in [0, 0.1) is 0 Å². The molecule has 1 aromatic heterocycles. The van der Waals surface area contributed by atoms with E-state index in [1.165, 1.54) is 0 Å². The van der Waals surface area contributed by atoms with Crippen LogP contribution in [0.3, 0.4) is 0 Å². The van der Waals surface area contributed by atoms with Gasteiger partial charge in [-0.15, -0.1) is 17.5 Å². The van der Waals surface area contributed by atoms with Crippen molar-refractivity contribution < 1.29 is 4.79 Å². The maximum atomic E-state index is 13.1. The number of hydrogen-bond acceptors (Lipinski definition) is 4. The number of piperidine rings is 1. The number of nitrogens with zero attached hydrogens (tertiary/aromatic N) is 4. The summed E-state index contributed by atoms with van der Waals surface area (Å²) < 4.78 is 1.57. The van der Waals surface area contributed by atoms with Crippen LogP contribution in [0.1, 0.15) is 49.6 Å². The number of amides is 1. The minimum atomic E-state index is -0.191. The lowest BCUT2D eigenvalue weighted by atomic mass is 9.97. The van der Waals surface area contributed by atoms with E-state index in [1.807, 2.05) is 18.7 Å². The zero-order chi connectivity index (χ0) is 18.8. The van der Waals surface area contributed by atoms with Gasteiger partial charge in [0.25, 0.3) is 5.91 Å². The van der Waals surface area contributed by atoms with Crippen molar-refractivity contribution in [2.75, 3.05) is 6.54 Å². The zero-order valence-electron chi connectivity index (χ0n) is 15.4. The molecule has 2 heterocycles. The fourth-order valence-electron chi connectivity index (χ4n) is 3.42. The van der Waals surface area contributed by atoms with Crippen LogP contribution in [0.4, 0.5) is 0 Å². The van der Waals surface area contributed by atoms with Crippen LogP contribution in [-0.2, 0) is 6.42 Å². The molecule has 27 heavy (non-hydrogen) atoms. The molecule has 2 unspecified atom stereocenters. The third kappa shape index (κ3) is 4.40. The molecule has 1 aliphatic rings. The number of nitrogens with two attached hydrogens (primary N) is 1. The molecule has 2 aromatic rings. The van der Waals surface area contributed by atoms with Crippen molar-refractivity contribution in [3.8, 4) is 5.69 Å². The molecule has 0 aliphatic carbocycles. The normalized spacial score (nSPS) is 18.1. The Morgan fingerprint density at radius 1 is 1.33 bits per heavy atom. The van der Waals surface area contributed by atoms with Crippen LogP contribution in [0.15, 0.2) is 18.2 Å². The lowest BCUT2D eigenvalue weighted by Gasteiger charge is -2.37. The van der Waals surface area contributed by atoms with Gasteiger partial charge in [0.15, 0.2) is 0 Å². The van der Waals surface area contributed by atoms with Gasteiger partial charge in [0.05, 0.1) is 10.0 Å². The molecule has 9 heteroatoms. The van der Waals surface area contributed by atoms with Gasteiger partial charge in [0.1, 0.15) is 11.5 Å². The molecular formula is C18H24Cl3N5O. The highest BCUT2D eigenvalue weighted by molar-refractivity contribution is 6.37. The minimum Gasteiger partial charge on any atom is -0.331 e. The molecule has 1 aromatic carbocycles. The number of likely N-dealkylation sites (tertiary alicyclic amines) is 1. The number of carbonyl (C=O) groups is 1. The topological polar surface area (TPSA) is 77.0 Å². The SMILES string of the molecule is CCc1nc(C(=O)N2CCCCC2C(C)N)nn1-c1c(Cl)cccc1Cl.Cl. The Morgan fingerprint density at radius 3 is 2.59 bits per heavy atom. The summed E-state index contributed by atoms with van der Waals surface area (Å²) in [4.78, 5) is 19.3. The Kier molecular flexibility index (Phi) is 7.51. The van der Waals surface area contributed by atoms with E-state index >= 15 is 0 Å². The Labute approximate surface area is 175 Å². The van der Waals surface area contributed by atoms with Crippen molar-refractivity contribution in [1.82, 2.24) is 19.7 Å². The number of benzene rings is 1. The highest BCUT2D eigenvalue weighted by atomic mass is 35.5. The van der Waals surface area contributed by atoms with Crippen molar-refractivity contribution in [2.24, 2.45) is 5.73 Å². The standard InChI is InChI=1S/C18H23Cl2N5O.ClH/c1-3-15-22-17(18(26)24-10-5-4-9-14(24)11(2)21)23-25(15)16-12(19)7-6-8-13(16)20;/h6-8,11,14H,3-5,9-10,21H2,1-2H3;1H. The fraction of sp³-hybridized carbons (Fsp3) is 0.500. The van der Waals surface area contributed by atoms with Crippen molar-refractivity contribution >= 4 is 41.5 Å². The second-order valence-corrected chi connectivity index (χ2v) is 7.42. The average molecular weight is 433 g/mol. The van der Waals surface area contributed by atoms with Gasteiger partial charge in [-0.25, -0.2) is 9.67 Å². The first-order chi connectivity index (χ1) is 12.4. The summed E-state index contributed by atoms with van der Waals surface area (Å²) in [6.45, 7) is 4.56. The van der Waals surface area contributed by atoms with E-state index in [1.54, 1.807) is 22.9 Å². The second-order valence-electron chi connectivity index (χ2n) is 6.61. The summed E-state index contributed by atoms with van der Waals surface area (Å²) >= 11 is 12.6. The molecule has 3 rings (SSSR count). The second kappa shape index (κ2) is 9.24. The minimum absolute atomic E-state index is 0. The van der Waals surface area contributed by atoms with E-state index in [4.69, 9.17) is 28.9 Å². The van der Waals surface area contributed by atoms with Gasteiger partial charge in [-0.3, -0.25) is 4.79 Å². The van der Waals surface area contributed by atoms with Crippen LogP contribution < -0.4 is 5.73 Å². The number of carbonyl (C=O) groups excluding carboxylic acids is 1. The third-order valence-electron chi connectivity index (χ3n) is 4.75. The number of aryl methyl sites for hydroxylation is 1. The van der Waals surface area contributed by atoms with Gasteiger partial charge in [-0.05, 0) is 38.3 Å². The molecule has 1 saturated heterocycles. The van der Waals surface area contributed by atoms with Gasteiger partial charge in [-0.2, -0.15) is 0 Å². The molecule has 0 bridgehead atoms. The molecule has 0 radical (unpaired) electrons. The Morgan fingerprint density at radius 2 is 2.00 bits per heavy atom. The van der Waals surface area contributed by atoms with Crippen molar-refractivity contribution in [1.29, 1.82) is 0 Å². The van der Waals surface area contributed by atoms with E-state index in [-0.39, 0.29) is 36.2 Å². The molecule has 1 fully saturated rings. The first-order valence-corrected chi connectivity index (χ1v) is 9.66. The van der Waals surface area contributed by atoms with E-state index < -0.39 is 0 Å². The predicted molar refractivity (Wildman–Crippen MR) is 110 cm³/mol. The molecule has 148 valence electrons. The van der Waals surface area contributed by atoms with Crippen molar-refractivity contribution in [3.05, 3.63) is 39.9 Å². The fourth-order valence-corrected chi connectivity index (χ4v) is 3.98. The zero-order valence-corrected chi connectivity index (χ0v) is 17.7. The highest BCUT2D eigenvalue weighted by Crippen LogP contribution is 2.29. The van der Waals surface area contributed by atoms with Crippen LogP contribution in [0.5, 0.6) is 0 Å². The molecular weight excluding hydrogens is 409 g/mol. The summed E-state index contributed by atoms with van der Waals surface area (Å²) in [5, 5.41) is 5.37. The maximum absolute atomic E-state index is 13.1. The summed E-state index contributed by atoms with van der Waals surface area (Å²) in [6, 6.07) is 5.16. The summed E-state index contributed by atoms with van der Waals surface area (Å²) in [6.07, 6.45) is 3.54. The van der Waals surface area contributed by atoms with E-state index in [2.05, 4.69) is 10.1 Å². The largest absolute Gasteiger partial charge is 0.331 e. The number of halogens is 3. The molecule has 1 aliphatic heterocycles. The molecule has 2 N–H and O–H groups in total. The first-order valence-electron chi connectivity index (χ1n) is 8.91. The maximum Gasteiger partial charge on any atom is 0.293 e. The van der Waals surface area contributed by atoms with Gasteiger partial charge in [-0.1, -0.05) is 36.2 Å². The van der Waals surface area contributed by atoms with Crippen LogP contribution >= 0.6 is 35.6 Å². The van der Waals surface area contributed by atoms with Crippen LogP contribution in [0.2, 0.25) is 10.0 Å². The number of aromatic nitrogens is 3. The molecule has 2 atom stereocenters. The van der Waals surface area contributed by atoms with Gasteiger partial charge >= 0.3 is 0 Å². The van der Waals surface area contributed by atoms with Gasteiger partial charge in [0, 0.05) is 25.0 Å². The number of rotatable bonds is 4. The van der Waals surface area contributed by atoms with E-state index in [9.17, 15) is 4.79 Å². The van der Waals surface area contributed by atoms with Crippen LogP contribution in [0.25, 0.3) is 5.69 Å². The molecule has 1 amide bonds. The lowest BCUT2D eigenvalue weighted by molar-refractivity contribution is 0.0571. The third-order valence-corrected chi connectivity index (χ3v) is 5.36. The summed E-state index contributed by atoms with van der Waals surface area (Å²) in [7, 11) is 0. The van der Waals surface area contributed by atoms with E-state index in [0.717, 1.165) is 19.3 Å². The Hall–Kier alpha value is -1.34. The smallest absolute Gasteiger partial charge is 0.293 e. The molecule has 0 saturated carbocycles. The van der Waals surface area contributed by atoms with Gasteiger partial charge in [0.2, 0.25) is 5.82 Å². The first kappa shape index (κ1) is 22.0. The monoisotopic (exact) mass is 431 g/mol. The Balaban J connectivity index is 0.00000261. The number of hydrogen-bond donors (Lipinski definition) is 1. The highest BCUT2D eigenvalue weighted by Gasteiger charge is 2.32. The average Bonchev–Trinajstić information content (AvgIpc) is 3.05. The summed E-state index contributed by atoms with van der Waals surface area (Å²) in [5.74, 6) is 0.603. The van der Waals surface area contributed by atoms with Crippen molar-refractivity contribution in [3.63, 3.8) is 0 Å². The van der Waals surface area contributed by atoms with Gasteiger partial charge < -0.3 is 10.6 Å². The quantitative estimate of drug-likeness (QED) is 0.795. The molecule has 0 spiro atoms. The lowest BCUT2D eigenvalue weighted by Crippen LogP contribution is -2.51. The van der Waals surface area contributed by atoms with Crippen LogP contribution in [-0.4, -0.2) is 44.2 Å². The predicted octanol–water partition coefficient (Wildman–Crippen LogP) is 3.90.